The molecular weight excluding hydrogens is 302 g/mol. The third-order valence-corrected chi connectivity index (χ3v) is 3.91. The van der Waals surface area contributed by atoms with Crippen molar-refractivity contribution >= 4 is 17.5 Å². The van der Waals surface area contributed by atoms with Crippen LogP contribution in [0.4, 0.5) is 5.69 Å². The molecule has 1 aromatic rings. The lowest BCUT2D eigenvalue weighted by Crippen LogP contribution is -2.39. The molecule has 0 saturated carbocycles. The number of hydrogen-bond donors (Lipinski definition) is 2. The maximum atomic E-state index is 12.6. The molecule has 1 rings (SSSR count). The molecule has 0 fully saturated rings. The van der Waals surface area contributed by atoms with E-state index in [9.17, 15) is 9.59 Å². The molecule has 0 radical (unpaired) electrons. The van der Waals surface area contributed by atoms with Crippen molar-refractivity contribution in [3.63, 3.8) is 0 Å². The van der Waals surface area contributed by atoms with Crippen LogP contribution >= 0.6 is 0 Å². The molecule has 24 heavy (non-hydrogen) atoms. The van der Waals surface area contributed by atoms with Crippen LogP contribution < -0.4 is 11.1 Å². The first-order valence-corrected chi connectivity index (χ1v) is 8.42. The third kappa shape index (κ3) is 5.96. The van der Waals surface area contributed by atoms with Gasteiger partial charge in [-0.25, -0.2) is 0 Å². The van der Waals surface area contributed by atoms with Gasteiger partial charge in [0.15, 0.2) is 0 Å². The molecule has 2 amide bonds. The van der Waals surface area contributed by atoms with Crippen LogP contribution in [0.15, 0.2) is 18.2 Å². The number of aryl methyl sites for hydroxylation is 1. The zero-order chi connectivity index (χ0) is 18.5. The number of hydrogen-bond acceptors (Lipinski definition) is 3. The van der Waals surface area contributed by atoms with Crippen molar-refractivity contribution in [2.24, 2.45) is 17.1 Å². The first-order valence-electron chi connectivity index (χ1n) is 8.42. The highest BCUT2D eigenvalue weighted by Crippen LogP contribution is 2.20. The molecule has 0 bridgehead atoms. The fourth-order valence-electron chi connectivity index (χ4n) is 2.51. The van der Waals surface area contributed by atoms with Crippen molar-refractivity contribution in [3.05, 3.63) is 29.3 Å². The topological polar surface area (TPSA) is 75.4 Å². The van der Waals surface area contributed by atoms with Gasteiger partial charge in [0.05, 0.1) is 0 Å². The monoisotopic (exact) mass is 333 g/mol. The standard InChI is InChI=1S/C19H31N3O2/c1-13(2)9-17(23)21-16-8-7-15(10-14(16)3)18(24)22(6)12-19(4,5)11-20/h7-8,10,13H,9,11-12,20H2,1-6H3,(H,21,23). The summed E-state index contributed by atoms with van der Waals surface area (Å²) in [5.74, 6) is 0.263. The molecule has 5 nitrogen and oxygen atoms in total. The van der Waals surface area contributed by atoms with Gasteiger partial charge in [-0.2, -0.15) is 0 Å². The summed E-state index contributed by atoms with van der Waals surface area (Å²) in [6.07, 6.45) is 0.483. The Morgan fingerprint density at radius 1 is 1.29 bits per heavy atom. The zero-order valence-electron chi connectivity index (χ0n) is 15.8. The molecule has 0 atom stereocenters. The first kappa shape index (κ1) is 20.2. The summed E-state index contributed by atoms with van der Waals surface area (Å²) in [7, 11) is 1.79. The number of carbonyl (C=O) groups is 2. The minimum absolute atomic E-state index is 0.00556. The fraction of sp³-hybridized carbons (Fsp3) is 0.579. The van der Waals surface area contributed by atoms with Crippen molar-refractivity contribution in [2.75, 3.05) is 25.5 Å². The molecule has 0 saturated heterocycles. The summed E-state index contributed by atoms with van der Waals surface area (Å²) >= 11 is 0. The normalized spacial score (nSPS) is 11.5. The number of nitrogens with one attached hydrogen (secondary N) is 1. The molecule has 0 aromatic heterocycles. The number of carbonyl (C=O) groups excluding carboxylic acids is 2. The van der Waals surface area contributed by atoms with Gasteiger partial charge in [-0.3, -0.25) is 9.59 Å². The Balaban J connectivity index is 2.83. The molecule has 0 aliphatic heterocycles. The molecule has 0 heterocycles. The maximum Gasteiger partial charge on any atom is 0.253 e. The van der Waals surface area contributed by atoms with Crippen LogP contribution in [0.2, 0.25) is 0 Å². The largest absolute Gasteiger partial charge is 0.341 e. The van der Waals surface area contributed by atoms with Gasteiger partial charge in [0.1, 0.15) is 0 Å². The van der Waals surface area contributed by atoms with Crippen molar-refractivity contribution in [1.82, 2.24) is 4.90 Å². The van der Waals surface area contributed by atoms with Crippen LogP contribution in [0.5, 0.6) is 0 Å². The van der Waals surface area contributed by atoms with Gasteiger partial charge in [0.2, 0.25) is 5.91 Å². The molecule has 0 aliphatic carbocycles. The minimum Gasteiger partial charge on any atom is -0.341 e. The van der Waals surface area contributed by atoms with E-state index in [1.165, 1.54) is 0 Å². The molecule has 134 valence electrons. The van der Waals surface area contributed by atoms with Crippen LogP contribution in [0, 0.1) is 18.3 Å². The van der Waals surface area contributed by atoms with E-state index in [1.807, 2.05) is 40.7 Å². The Hall–Kier alpha value is -1.88. The van der Waals surface area contributed by atoms with Gasteiger partial charge >= 0.3 is 0 Å². The van der Waals surface area contributed by atoms with E-state index in [4.69, 9.17) is 5.73 Å². The molecule has 1 aromatic carbocycles. The molecule has 5 heteroatoms. The van der Waals surface area contributed by atoms with E-state index in [1.54, 1.807) is 24.1 Å². The number of rotatable bonds is 7. The summed E-state index contributed by atoms with van der Waals surface area (Å²) in [5, 5.41) is 2.90. The molecule has 3 N–H and O–H groups in total. The summed E-state index contributed by atoms with van der Waals surface area (Å²) in [6, 6.07) is 5.37. The Labute approximate surface area is 145 Å². The van der Waals surface area contributed by atoms with Crippen LogP contribution in [-0.2, 0) is 4.79 Å². The molecular formula is C19H31N3O2. The quantitative estimate of drug-likeness (QED) is 0.805. The van der Waals surface area contributed by atoms with Crippen molar-refractivity contribution < 1.29 is 9.59 Å². The SMILES string of the molecule is Cc1cc(C(=O)N(C)CC(C)(C)CN)ccc1NC(=O)CC(C)C. The van der Waals surface area contributed by atoms with E-state index in [2.05, 4.69) is 5.32 Å². The predicted molar refractivity (Wildman–Crippen MR) is 99.1 cm³/mol. The van der Waals surface area contributed by atoms with Crippen molar-refractivity contribution in [1.29, 1.82) is 0 Å². The van der Waals surface area contributed by atoms with Crippen LogP contribution in [0.1, 0.15) is 50.0 Å². The van der Waals surface area contributed by atoms with Gasteiger partial charge < -0.3 is 16.0 Å². The number of nitrogens with two attached hydrogens (primary N) is 1. The third-order valence-electron chi connectivity index (χ3n) is 3.91. The van der Waals surface area contributed by atoms with Gasteiger partial charge in [-0.05, 0) is 48.6 Å². The van der Waals surface area contributed by atoms with Crippen molar-refractivity contribution in [2.45, 2.75) is 41.0 Å². The summed E-state index contributed by atoms with van der Waals surface area (Å²) in [4.78, 5) is 26.2. The Bertz CT molecular complexity index is 594. The second-order valence-electron chi connectivity index (χ2n) is 7.71. The Kier molecular flexibility index (Phi) is 6.96. The van der Waals surface area contributed by atoms with E-state index < -0.39 is 0 Å². The summed E-state index contributed by atoms with van der Waals surface area (Å²) < 4.78 is 0. The summed E-state index contributed by atoms with van der Waals surface area (Å²) in [5.41, 5.74) is 7.87. The highest BCUT2D eigenvalue weighted by Gasteiger charge is 2.22. The van der Waals surface area contributed by atoms with E-state index in [0.717, 1.165) is 11.3 Å². The fourth-order valence-corrected chi connectivity index (χ4v) is 2.51. The lowest BCUT2D eigenvalue weighted by Gasteiger charge is -2.29. The Morgan fingerprint density at radius 3 is 2.42 bits per heavy atom. The van der Waals surface area contributed by atoms with Crippen LogP contribution in [0.25, 0.3) is 0 Å². The lowest BCUT2D eigenvalue weighted by molar-refractivity contribution is -0.116. The predicted octanol–water partition coefficient (Wildman–Crippen LogP) is 3.04. The summed E-state index contributed by atoms with van der Waals surface area (Å²) in [6.45, 7) is 11.1. The zero-order valence-corrected chi connectivity index (χ0v) is 15.8. The number of nitrogens with zero attached hydrogens (tertiary/aromatic N) is 1. The Morgan fingerprint density at radius 2 is 1.92 bits per heavy atom. The average Bonchev–Trinajstić information content (AvgIpc) is 2.47. The van der Waals surface area contributed by atoms with E-state index in [0.29, 0.717) is 31.0 Å². The highest BCUT2D eigenvalue weighted by molar-refractivity contribution is 5.96. The van der Waals surface area contributed by atoms with Crippen LogP contribution in [0.3, 0.4) is 0 Å². The van der Waals surface area contributed by atoms with Crippen molar-refractivity contribution in [3.8, 4) is 0 Å². The van der Waals surface area contributed by atoms with Crippen LogP contribution in [-0.4, -0.2) is 36.9 Å². The number of amides is 2. The van der Waals surface area contributed by atoms with E-state index in [-0.39, 0.29) is 17.2 Å². The second-order valence-corrected chi connectivity index (χ2v) is 7.71. The lowest BCUT2D eigenvalue weighted by atomic mass is 9.93. The number of anilines is 1. The van der Waals surface area contributed by atoms with Gasteiger partial charge in [0, 0.05) is 31.3 Å². The van der Waals surface area contributed by atoms with Gasteiger partial charge in [-0.1, -0.05) is 27.7 Å². The smallest absolute Gasteiger partial charge is 0.253 e. The maximum absolute atomic E-state index is 12.6. The van der Waals surface area contributed by atoms with Gasteiger partial charge in [0.25, 0.3) is 5.91 Å². The minimum atomic E-state index is -0.121. The first-order chi connectivity index (χ1) is 11.1. The molecule has 0 spiro atoms. The van der Waals surface area contributed by atoms with Gasteiger partial charge in [-0.15, -0.1) is 0 Å². The van der Waals surface area contributed by atoms with E-state index >= 15 is 0 Å². The highest BCUT2D eigenvalue weighted by atomic mass is 16.2. The average molecular weight is 333 g/mol. The molecule has 0 aliphatic rings. The second kappa shape index (κ2) is 8.29. The number of benzene rings is 1. The molecule has 0 unspecified atom stereocenters.